The van der Waals surface area contributed by atoms with E-state index in [0.29, 0.717) is 13.0 Å². The van der Waals surface area contributed by atoms with Crippen molar-refractivity contribution in [2.75, 3.05) is 6.54 Å². The second-order valence-electron chi connectivity index (χ2n) is 5.71. The molecule has 0 atom stereocenters. The van der Waals surface area contributed by atoms with Crippen LogP contribution in [0.15, 0.2) is 29.1 Å². The summed E-state index contributed by atoms with van der Waals surface area (Å²) in [7, 11) is 0. The molecule has 0 aliphatic carbocycles. The van der Waals surface area contributed by atoms with Gasteiger partial charge in [0.25, 0.3) is 5.56 Å². The topological polar surface area (TPSA) is 58.9 Å². The summed E-state index contributed by atoms with van der Waals surface area (Å²) in [5.41, 5.74) is 7.61. The summed E-state index contributed by atoms with van der Waals surface area (Å²) in [6, 6.07) is 8.11. The second-order valence-corrected chi connectivity index (χ2v) is 5.71. The van der Waals surface area contributed by atoms with E-state index in [-0.39, 0.29) is 11.0 Å². The van der Waals surface area contributed by atoms with E-state index < -0.39 is 0 Å². The van der Waals surface area contributed by atoms with E-state index in [1.807, 2.05) is 18.2 Å². The fourth-order valence-electron chi connectivity index (χ4n) is 2.07. The smallest absolute Gasteiger partial charge is 0.256 e. The van der Waals surface area contributed by atoms with Crippen LogP contribution in [0.4, 0.5) is 0 Å². The number of benzene rings is 1. The van der Waals surface area contributed by atoms with Gasteiger partial charge in [0.05, 0.1) is 0 Å². The third-order valence-electron chi connectivity index (χ3n) is 3.18. The highest BCUT2D eigenvalue weighted by molar-refractivity contribution is 5.82. The minimum absolute atomic E-state index is 0.0259. The molecule has 1 aromatic heterocycles. The van der Waals surface area contributed by atoms with Gasteiger partial charge in [-0.1, -0.05) is 32.9 Å². The minimum atomic E-state index is -0.0259. The fourth-order valence-corrected chi connectivity index (χ4v) is 2.07. The molecular formula is C15H20N2O. The summed E-state index contributed by atoms with van der Waals surface area (Å²) < 4.78 is 0. The van der Waals surface area contributed by atoms with Crippen molar-refractivity contribution in [3.8, 4) is 0 Å². The number of rotatable bonds is 2. The van der Waals surface area contributed by atoms with E-state index in [9.17, 15) is 4.79 Å². The predicted molar refractivity (Wildman–Crippen MR) is 76.0 cm³/mol. The first-order valence-corrected chi connectivity index (χ1v) is 6.28. The molecule has 1 heterocycles. The van der Waals surface area contributed by atoms with Crippen molar-refractivity contribution in [1.82, 2.24) is 4.98 Å². The van der Waals surface area contributed by atoms with Gasteiger partial charge in [-0.15, -0.1) is 0 Å². The molecular weight excluding hydrogens is 224 g/mol. The van der Waals surface area contributed by atoms with Gasteiger partial charge in [0.1, 0.15) is 0 Å². The molecule has 1 aromatic carbocycles. The van der Waals surface area contributed by atoms with Crippen LogP contribution in [0.1, 0.15) is 32.0 Å². The number of H-pyrrole nitrogens is 1. The average Bonchev–Trinajstić information content (AvgIpc) is 2.27. The Morgan fingerprint density at radius 2 is 1.94 bits per heavy atom. The zero-order chi connectivity index (χ0) is 13.3. The second kappa shape index (κ2) is 4.58. The Hall–Kier alpha value is -1.61. The molecule has 18 heavy (non-hydrogen) atoms. The lowest BCUT2D eigenvalue weighted by molar-refractivity contribution is 0.591. The standard InChI is InChI=1S/C15H20N2O/c1-15(2,3)11-5-4-10-8-12(6-7-16)17-14(18)13(10)9-11/h4-5,8-9H,6-7,16H2,1-3H3,(H,17,18). The maximum Gasteiger partial charge on any atom is 0.256 e. The van der Waals surface area contributed by atoms with Crippen molar-refractivity contribution >= 4 is 10.8 Å². The van der Waals surface area contributed by atoms with E-state index in [2.05, 4.69) is 31.8 Å². The van der Waals surface area contributed by atoms with Crippen LogP contribution in [-0.2, 0) is 11.8 Å². The number of fused-ring (bicyclic) bond motifs is 1. The lowest BCUT2D eigenvalue weighted by Gasteiger charge is -2.19. The summed E-state index contributed by atoms with van der Waals surface area (Å²) >= 11 is 0. The van der Waals surface area contributed by atoms with Crippen molar-refractivity contribution in [3.05, 3.63) is 45.9 Å². The van der Waals surface area contributed by atoms with Crippen molar-refractivity contribution in [1.29, 1.82) is 0 Å². The van der Waals surface area contributed by atoms with Crippen LogP contribution in [0.3, 0.4) is 0 Å². The van der Waals surface area contributed by atoms with Crippen LogP contribution >= 0.6 is 0 Å². The van der Waals surface area contributed by atoms with Gasteiger partial charge in [-0.2, -0.15) is 0 Å². The first-order chi connectivity index (χ1) is 8.41. The molecule has 0 unspecified atom stereocenters. The van der Waals surface area contributed by atoms with Gasteiger partial charge in [0.15, 0.2) is 0 Å². The molecule has 0 aliphatic heterocycles. The molecule has 3 nitrogen and oxygen atoms in total. The molecule has 0 bridgehead atoms. The normalized spacial score (nSPS) is 12.0. The van der Waals surface area contributed by atoms with Crippen molar-refractivity contribution in [2.24, 2.45) is 5.73 Å². The molecule has 3 N–H and O–H groups in total. The zero-order valence-electron chi connectivity index (χ0n) is 11.2. The molecule has 0 spiro atoms. The molecule has 0 saturated carbocycles. The van der Waals surface area contributed by atoms with E-state index >= 15 is 0 Å². The Morgan fingerprint density at radius 3 is 2.56 bits per heavy atom. The van der Waals surface area contributed by atoms with Crippen LogP contribution < -0.4 is 11.3 Å². The molecule has 0 saturated heterocycles. The zero-order valence-corrected chi connectivity index (χ0v) is 11.2. The van der Waals surface area contributed by atoms with E-state index in [0.717, 1.165) is 16.5 Å². The lowest BCUT2D eigenvalue weighted by atomic mass is 9.86. The van der Waals surface area contributed by atoms with E-state index in [1.54, 1.807) is 0 Å². The van der Waals surface area contributed by atoms with Gasteiger partial charge < -0.3 is 10.7 Å². The molecule has 0 aliphatic rings. The number of aromatic amines is 1. The Bertz CT molecular complexity index is 620. The molecule has 0 amide bonds. The summed E-state index contributed by atoms with van der Waals surface area (Å²) in [5.74, 6) is 0. The van der Waals surface area contributed by atoms with Crippen molar-refractivity contribution in [3.63, 3.8) is 0 Å². The number of aromatic nitrogens is 1. The Morgan fingerprint density at radius 1 is 1.22 bits per heavy atom. The number of nitrogens with two attached hydrogens (primary N) is 1. The molecule has 0 radical (unpaired) electrons. The van der Waals surface area contributed by atoms with E-state index in [4.69, 9.17) is 5.73 Å². The molecule has 3 heteroatoms. The monoisotopic (exact) mass is 244 g/mol. The Labute approximate surface area is 107 Å². The first-order valence-electron chi connectivity index (χ1n) is 6.28. The van der Waals surface area contributed by atoms with Gasteiger partial charge in [0, 0.05) is 11.1 Å². The summed E-state index contributed by atoms with van der Waals surface area (Å²) in [5, 5.41) is 1.73. The highest BCUT2D eigenvalue weighted by atomic mass is 16.1. The van der Waals surface area contributed by atoms with Crippen LogP contribution in [0.2, 0.25) is 0 Å². The van der Waals surface area contributed by atoms with Crippen LogP contribution in [0.25, 0.3) is 10.8 Å². The van der Waals surface area contributed by atoms with Gasteiger partial charge in [-0.05, 0) is 41.5 Å². The molecule has 96 valence electrons. The van der Waals surface area contributed by atoms with Crippen LogP contribution in [0, 0.1) is 0 Å². The minimum Gasteiger partial charge on any atom is -0.330 e. The summed E-state index contributed by atoms with van der Waals surface area (Å²) in [6.45, 7) is 6.98. The number of nitrogens with one attached hydrogen (secondary N) is 1. The third kappa shape index (κ3) is 2.46. The third-order valence-corrected chi connectivity index (χ3v) is 3.18. The fraction of sp³-hybridized carbons (Fsp3) is 0.400. The maximum atomic E-state index is 12.1. The SMILES string of the molecule is CC(C)(C)c1ccc2cc(CCN)[nH]c(=O)c2c1. The number of hydrogen-bond acceptors (Lipinski definition) is 2. The largest absolute Gasteiger partial charge is 0.330 e. The van der Waals surface area contributed by atoms with E-state index in [1.165, 1.54) is 5.56 Å². The van der Waals surface area contributed by atoms with Gasteiger partial charge in [-0.25, -0.2) is 0 Å². The molecule has 2 aromatic rings. The average molecular weight is 244 g/mol. The summed E-state index contributed by atoms with van der Waals surface area (Å²) in [4.78, 5) is 15.0. The summed E-state index contributed by atoms with van der Waals surface area (Å²) in [6.07, 6.45) is 0.701. The lowest BCUT2D eigenvalue weighted by Crippen LogP contribution is -2.15. The first kappa shape index (κ1) is 12.8. The van der Waals surface area contributed by atoms with Crippen molar-refractivity contribution < 1.29 is 0 Å². The van der Waals surface area contributed by atoms with Crippen molar-refractivity contribution in [2.45, 2.75) is 32.6 Å². The van der Waals surface area contributed by atoms with Gasteiger partial charge in [0.2, 0.25) is 0 Å². The Balaban J connectivity index is 2.62. The quantitative estimate of drug-likeness (QED) is 0.851. The highest BCUT2D eigenvalue weighted by Gasteiger charge is 2.14. The maximum absolute atomic E-state index is 12.1. The number of pyridine rings is 1. The number of hydrogen-bond donors (Lipinski definition) is 2. The predicted octanol–water partition coefficient (Wildman–Crippen LogP) is 2.33. The van der Waals surface area contributed by atoms with Gasteiger partial charge in [-0.3, -0.25) is 4.79 Å². The molecule has 2 rings (SSSR count). The van der Waals surface area contributed by atoms with Crippen LogP contribution in [-0.4, -0.2) is 11.5 Å². The molecule has 0 fully saturated rings. The Kier molecular flexibility index (Phi) is 3.26. The van der Waals surface area contributed by atoms with Crippen LogP contribution in [0.5, 0.6) is 0 Å². The van der Waals surface area contributed by atoms with Gasteiger partial charge >= 0.3 is 0 Å². The highest BCUT2D eigenvalue weighted by Crippen LogP contribution is 2.24.